The highest BCUT2D eigenvalue weighted by Gasteiger charge is 2.11. The summed E-state index contributed by atoms with van der Waals surface area (Å²) in [5.41, 5.74) is 3.69. The average Bonchev–Trinajstić information content (AvgIpc) is 2.37. The summed E-state index contributed by atoms with van der Waals surface area (Å²) in [6.45, 7) is 3.71. The number of nitrogens with one attached hydrogen (secondary N) is 1. The molecule has 1 aliphatic rings. The fourth-order valence-electron chi connectivity index (χ4n) is 2.40. The Balaban J connectivity index is 2.02. The Hall–Kier alpha value is -1.77. The second-order valence-corrected chi connectivity index (χ2v) is 5.29. The molecule has 1 aliphatic carbocycles. The van der Waals surface area contributed by atoms with Crippen molar-refractivity contribution in [1.82, 2.24) is 0 Å². The SMILES string of the molecule is Cc1cc(NC(=O)CC2=CCCCC2)c(C)cc1O. The molecule has 2 rings (SSSR count). The van der Waals surface area contributed by atoms with Gasteiger partial charge in [0.25, 0.3) is 0 Å². The van der Waals surface area contributed by atoms with Crippen LogP contribution in [0, 0.1) is 13.8 Å². The van der Waals surface area contributed by atoms with Gasteiger partial charge in [-0.2, -0.15) is 0 Å². The lowest BCUT2D eigenvalue weighted by Crippen LogP contribution is -2.14. The smallest absolute Gasteiger partial charge is 0.228 e. The monoisotopic (exact) mass is 259 g/mol. The van der Waals surface area contributed by atoms with Crippen LogP contribution in [0.2, 0.25) is 0 Å². The Morgan fingerprint density at radius 3 is 2.74 bits per heavy atom. The lowest BCUT2D eigenvalue weighted by Gasteiger charge is -2.14. The zero-order valence-electron chi connectivity index (χ0n) is 11.6. The molecule has 1 aromatic rings. The first-order valence-electron chi connectivity index (χ1n) is 6.84. The molecule has 102 valence electrons. The summed E-state index contributed by atoms with van der Waals surface area (Å²) < 4.78 is 0. The highest BCUT2D eigenvalue weighted by Crippen LogP contribution is 2.26. The molecule has 3 nitrogen and oxygen atoms in total. The van der Waals surface area contributed by atoms with E-state index in [1.165, 1.54) is 18.4 Å². The molecule has 0 fully saturated rings. The fraction of sp³-hybridized carbons (Fsp3) is 0.438. The van der Waals surface area contributed by atoms with Crippen LogP contribution in [0.3, 0.4) is 0 Å². The summed E-state index contributed by atoms with van der Waals surface area (Å²) in [5.74, 6) is 0.298. The number of aryl methyl sites for hydroxylation is 2. The number of hydrogen-bond donors (Lipinski definition) is 2. The van der Waals surface area contributed by atoms with Crippen molar-refractivity contribution in [3.05, 3.63) is 34.9 Å². The van der Waals surface area contributed by atoms with E-state index in [0.717, 1.165) is 29.7 Å². The Labute approximate surface area is 114 Å². The van der Waals surface area contributed by atoms with E-state index in [4.69, 9.17) is 0 Å². The van der Waals surface area contributed by atoms with Crippen molar-refractivity contribution < 1.29 is 9.90 Å². The maximum Gasteiger partial charge on any atom is 0.228 e. The van der Waals surface area contributed by atoms with Crippen LogP contribution in [0.15, 0.2) is 23.8 Å². The van der Waals surface area contributed by atoms with E-state index >= 15 is 0 Å². The zero-order chi connectivity index (χ0) is 13.8. The number of benzene rings is 1. The molecular weight excluding hydrogens is 238 g/mol. The largest absolute Gasteiger partial charge is 0.508 e. The van der Waals surface area contributed by atoms with Gasteiger partial charge in [0, 0.05) is 12.1 Å². The molecule has 0 atom stereocenters. The third-order valence-corrected chi connectivity index (χ3v) is 3.59. The Morgan fingerprint density at radius 1 is 1.26 bits per heavy atom. The molecule has 0 aliphatic heterocycles. The standard InChI is InChI=1S/C16H21NO2/c1-11-9-15(18)12(2)8-14(11)17-16(19)10-13-6-4-3-5-7-13/h6,8-9,18H,3-5,7,10H2,1-2H3,(H,17,19). The Morgan fingerprint density at radius 2 is 2.05 bits per heavy atom. The molecule has 1 amide bonds. The maximum atomic E-state index is 12.0. The minimum Gasteiger partial charge on any atom is -0.508 e. The van der Waals surface area contributed by atoms with Crippen molar-refractivity contribution in [2.45, 2.75) is 46.0 Å². The number of phenolic OH excluding ortho intramolecular Hbond substituents is 1. The zero-order valence-corrected chi connectivity index (χ0v) is 11.6. The van der Waals surface area contributed by atoms with Gasteiger partial charge in [-0.15, -0.1) is 0 Å². The molecule has 19 heavy (non-hydrogen) atoms. The number of rotatable bonds is 3. The van der Waals surface area contributed by atoms with E-state index in [9.17, 15) is 9.90 Å². The molecule has 0 saturated heterocycles. The summed E-state index contributed by atoms with van der Waals surface area (Å²) in [7, 11) is 0. The van der Waals surface area contributed by atoms with Gasteiger partial charge in [0.2, 0.25) is 5.91 Å². The molecule has 0 heterocycles. The summed E-state index contributed by atoms with van der Waals surface area (Å²) in [6, 6.07) is 3.50. The van der Waals surface area contributed by atoms with Gasteiger partial charge < -0.3 is 10.4 Å². The summed E-state index contributed by atoms with van der Waals surface area (Å²) in [4.78, 5) is 12.0. The fourth-order valence-corrected chi connectivity index (χ4v) is 2.40. The van der Waals surface area contributed by atoms with E-state index in [2.05, 4.69) is 11.4 Å². The van der Waals surface area contributed by atoms with Crippen molar-refractivity contribution in [2.75, 3.05) is 5.32 Å². The molecule has 0 bridgehead atoms. The third kappa shape index (κ3) is 3.60. The van der Waals surface area contributed by atoms with E-state index < -0.39 is 0 Å². The highest BCUT2D eigenvalue weighted by molar-refractivity contribution is 5.93. The van der Waals surface area contributed by atoms with Crippen LogP contribution in [0.5, 0.6) is 5.75 Å². The second-order valence-electron chi connectivity index (χ2n) is 5.29. The van der Waals surface area contributed by atoms with Gasteiger partial charge in [-0.05, 0) is 62.8 Å². The summed E-state index contributed by atoms with van der Waals surface area (Å²) >= 11 is 0. The quantitative estimate of drug-likeness (QED) is 0.640. The maximum absolute atomic E-state index is 12.0. The predicted octanol–water partition coefficient (Wildman–Crippen LogP) is 3.84. The van der Waals surface area contributed by atoms with E-state index in [1.807, 2.05) is 19.9 Å². The predicted molar refractivity (Wildman–Crippen MR) is 77.4 cm³/mol. The number of phenols is 1. The van der Waals surface area contributed by atoms with Gasteiger partial charge in [-0.1, -0.05) is 11.6 Å². The first-order valence-corrected chi connectivity index (χ1v) is 6.84. The van der Waals surface area contributed by atoms with Crippen LogP contribution in [0.25, 0.3) is 0 Å². The van der Waals surface area contributed by atoms with E-state index in [1.54, 1.807) is 6.07 Å². The summed E-state index contributed by atoms with van der Waals surface area (Å²) in [6.07, 6.45) is 7.25. The molecule has 0 saturated carbocycles. The third-order valence-electron chi connectivity index (χ3n) is 3.59. The van der Waals surface area contributed by atoms with E-state index in [0.29, 0.717) is 6.42 Å². The van der Waals surface area contributed by atoms with Gasteiger partial charge in [0.05, 0.1) is 0 Å². The van der Waals surface area contributed by atoms with E-state index in [-0.39, 0.29) is 11.7 Å². The molecule has 0 unspecified atom stereocenters. The van der Waals surface area contributed by atoms with Crippen LogP contribution in [0.4, 0.5) is 5.69 Å². The summed E-state index contributed by atoms with van der Waals surface area (Å²) in [5, 5.41) is 12.5. The number of allylic oxidation sites excluding steroid dienone is 1. The number of anilines is 1. The van der Waals surface area contributed by atoms with Gasteiger partial charge in [-0.25, -0.2) is 0 Å². The molecule has 2 N–H and O–H groups in total. The normalized spacial score (nSPS) is 14.9. The van der Waals surface area contributed by atoms with Crippen LogP contribution >= 0.6 is 0 Å². The Bertz CT molecular complexity index is 518. The van der Waals surface area contributed by atoms with Crippen molar-refractivity contribution in [3.63, 3.8) is 0 Å². The number of carbonyl (C=O) groups excluding carboxylic acids is 1. The molecular formula is C16H21NO2. The van der Waals surface area contributed by atoms with Crippen molar-refractivity contribution >= 4 is 11.6 Å². The van der Waals surface area contributed by atoms with Crippen LogP contribution in [0.1, 0.15) is 43.2 Å². The molecule has 0 aromatic heterocycles. The van der Waals surface area contributed by atoms with Gasteiger partial charge in [-0.3, -0.25) is 4.79 Å². The van der Waals surface area contributed by atoms with Crippen molar-refractivity contribution in [2.24, 2.45) is 0 Å². The van der Waals surface area contributed by atoms with Crippen molar-refractivity contribution in [3.8, 4) is 5.75 Å². The van der Waals surface area contributed by atoms with Crippen LogP contribution in [-0.2, 0) is 4.79 Å². The first-order chi connectivity index (χ1) is 9.06. The van der Waals surface area contributed by atoms with Gasteiger partial charge in [0.15, 0.2) is 0 Å². The van der Waals surface area contributed by atoms with Crippen LogP contribution in [-0.4, -0.2) is 11.0 Å². The topological polar surface area (TPSA) is 49.3 Å². The Kier molecular flexibility index (Phi) is 4.25. The molecule has 1 aromatic carbocycles. The van der Waals surface area contributed by atoms with Crippen molar-refractivity contribution in [1.29, 1.82) is 0 Å². The second kappa shape index (κ2) is 5.91. The molecule has 3 heteroatoms. The number of amides is 1. The minimum atomic E-state index is 0.0290. The lowest BCUT2D eigenvalue weighted by atomic mass is 9.97. The number of hydrogen-bond acceptors (Lipinski definition) is 2. The van der Waals surface area contributed by atoms with Gasteiger partial charge >= 0.3 is 0 Å². The average molecular weight is 259 g/mol. The first kappa shape index (κ1) is 13.7. The lowest BCUT2D eigenvalue weighted by molar-refractivity contribution is -0.115. The number of aromatic hydroxyl groups is 1. The minimum absolute atomic E-state index is 0.0290. The van der Waals surface area contributed by atoms with Crippen LogP contribution < -0.4 is 5.32 Å². The number of carbonyl (C=O) groups is 1. The highest BCUT2D eigenvalue weighted by atomic mass is 16.3. The molecule has 0 spiro atoms. The van der Waals surface area contributed by atoms with Gasteiger partial charge in [0.1, 0.15) is 5.75 Å². The molecule has 0 radical (unpaired) electrons.